The molecular weight excluding hydrogens is 523 g/mol. The Labute approximate surface area is 207 Å². The lowest BCUT2D eigenvalue weighted by molar-refractivity contribution is 0.414. The van der Waals surface area contributed by atoms with Gasteiger partial charge in [-0.25, -0.2) is 4.99 Å². The van der Waals surface area contributed by atoms with Gasteiger partial charge in [-0.15, -0.1) is 34.2 Å². The molecule has 0 atom stereocenters. The third-order valence-electron chi connectivity index (χ3n) is 5.40. The second-order valence-electron chi connectivity index (χ2n) is 7.48. The molecule has 1 aliphatic rings. The molecule has 2 N–H and O–H groups in total. The van der Waals surface area contributed by atoms with Gasteiger partial charge in [-0.3, -0.25) is 0 Å². The van der Waals surface area contributed by atoms with E-state index in [0.717, 1.165) is 54.2 Å². The number of rotatable bonds is 10. The van der Waals surface area contributed by atoms with Crippen LogP contribution in [0.5, 0.6) is 5.75 Å². The van der Waals surface area contributed by atoms with Gasteiger partial charge in [0, 0.05) is 25.6 Å². The van der Waals surface area contributed by atoms with Gasteiger partial charge in [0.15, 0.2) is 11.1 Å². The summed E-state index contributed by atoms with van der Waals surface area (Å²) in [5, 5.41) is 16.7. The maximum Gasteiger partial charge on any atom is 0.191 e. The molecular formula is C22H35IN6OS. The van der Waals surface area contributed by atoms with E-state index >= 15 is 0 Å². The number of benzene rings is 1. The summed E-state index contributed by atoms with van der Waals surface area (Å²) in [5.41, 5.74) is 1.15. The predicted octanol–water partition coefficient (Wildman–Crippen LogP) is 4.43. The van der Waals surface area contributed by atoms with Gasteiger partial charge in [-0.05, 0) is 50.1 Å². The first kappa shape index (κ1) is 25.8. The molecule has 1 saturated carbocycles. The number of aryl methyl sites for hydroxylation is 1. The summed E-state index contributed by atoms with van der Waals surface area (Å²) < 4.78 is 7.60. The number of ether oxygens (including phenoxy) is 1. The van der Waals surface area contributed by atoms with Crippen molar-refractivity contribution in [3.05, 3.63) is 35.7 Å². The first-order chi connectivity index (χ1) is 14.7. The van der Waals surface area contributed by atoms with Crippen LogP contribution in [0.15, 0.2) is 34.4 Å². The Morgan fingerprint density at radius 3 is 2.58 bits per heavy atom. The molecule has 0 radical (unpaired) electrons. The number of aromatic nitrogens is 3. The summed E-state index contributed by atoms with van der Waals surface area (Å²) in [6.45, 7) is 4.40. The lowest BCUT2D eigenvalue weighted by Gasteiger charge is -2.16. The summed E-state index contributed by atoms with van der Waals surface area (Å²) in [6.07, 6.45) is 9.13. The minimum atomic E-state index is 0. The maximum absolute atomic E-state index is 5.21. The molecule has 3 rings (SSSR count). The Hall–Kier alpha value is -1.49. The second-order valence-corrected chi connectivity index (χ2v) is 8.26. The third-order valence-corrected chi connectivity index (χ3v) is 6.04. The number of nitrogens with zero attached hydrogens (tertiary/aromatic N) is 4. The Bertz CT molecular complexity index is 805. The van der Waals surface area contributed by atoms with Crippen molar-refractivity contribution in [2.75, 3.05) is 26.5 Å². The van der Waals surface area contributed by atoms with Crippen molar-refractivity contribution < 1.29 is 4.74 Å². The van der Waals surface area contributed by atoms with Crippen molar-refractivity contribution in [1.29, 1.82) is 0 Å². The van der Waals surface area contributed by atoms with Crippen LogP contribution >= 0.6 is 35.7 Å². The molecule has 1 aromatic carbocycles. The van der Waals surface area contributed by atoms with Crippen LogP contribution in [0.25, 0.3) is 0 Å². The summed E-state index contributed by atoms with van der Waals surface area (Å²) in [4.78, 5) is 4.70. The minimum absolute atomic E-state index is 0. The fourth-order valence-corrected chi connectivity index (χ4v) is 4.42. The number of methoxy groups -OCH3 is 1. The molecule has 0 bridgehead atoms. The van der Waals surface area contributed by atoms with Crippen LogP contribution in [0.3, 0.4) is 0 Å². The molecule has 0 saturated heterocycles. The second kappa shape index (κ2) is 13.8. The molecule has 31 heavy (non-hydrogen) atoms. The molecule has 0 amide bonds. The van der Waals surface area contributed by atoms with E-state index in [1.54, 1.807) is 18.9 Å². The number of nitrogens with one attached hydrogen (secondary N) is 2. The molecule has 2 aromatic rings. The van der Waals surface area contributed by atoms with E-state index in [4.69, 9.17) is 9.73 Å². The quantitative estimate of drug-likeness (QED) is 0.148. The topological polar surface area (TPSA) is 76.4 Å². The van der Waals surface area contributed by atoms with Crippen molar-refractivity contribution in [1.82, 2.24) is 25.4 Å². The van der Waals surface area contributed by atoms with Crippen LogP contribution in [-0.2, 0) is 13.0 Å². The molecule has 7 nitrogen and oxygen atoms in total. The van der Waals surface area contributed by atoms with Crippen LogP contribution in [-0.4, -0.2) is 47.2 Å². The maximum atomic E-state index is 5.21. The lowest BCUT2D eigenvalue weighted by atomic mass is 10.2. The van der Waals surface area contributed by atoms with Gasteiger partial charge in [0.2, 0.25) is 0 Å². The van der Waals surface area contributed by atoms with Gasteiger partial charge >= 0.3 is 0 Å². The number of thioether (sulfide) groups is 1. The number of hydrogen-bond acceptors (Lipinski definition) is 5. The van der Waals surface area contributed by atoms with Crippen LogP contribution in [0.4, 0.5) is 0 Å². The average molecular weight is 559 g/mol. The van der Waals surface area contributed by atoms with Crippen molar-refractivity contribution in [2.24, 2.45) is 4.99 Å². The van der Waals surface area contributed by atoms with Crippen molar-refractivity contribution >= 4 is 41.7 Å². The first-order valence-corrected chi connectivity index (χ1v) is 12.1. The van der Waals surface area contributed by atoms with Crippen molar-refractivity contribution in [3.8, 4) is 5.75 Å². The Morgan fingerprint density at radius 2 is 1.94 bits per heavy atom. The standard InChI is InChI=1S/C22H34N6OS.HI/c1-4-23-21(25-16-17-11-13-19(29-2)14-12-17)24-15-7-10-20-26-27-22(30-3)28(20)18-8-5-6-9-18;/h11-14,18H,4-10,15-16H2,1-3H3,(H2,23,24,25);1H. The highest BCUT2D eigenvalue weighted by molar-refractivity contribution is 14.0. The summed E-state index contributed by atoms with van der Waals surface area (Å²) in [7, 11) is 1.68. The summed E-state index contributed by atoms with van der Waals surface area (Å²) in [6, 6.07) is 8.60. The molecule has 1 heterocycles. The first-order valence-electron chi connectivity index (χ1n) is 10.9. The third kappa shape index (κ3) is 7.55. The van der Waals surface area contributed by atoms with Crippen LogP contribution in [0.2, 0.25) is 0 Å². The fraction of sp³-hybridized carbons (Fsp3) is 0.591. The smallest absolute Gasteiger partial charge is 0.191 e. The summed E-state index contributed by atoms with van der Waals surface area (Å²) in [5.74, 6) is 2.83. The normalized spacial score (nSPS) is 14.4. The number of guanidine groups is 1. The van der Waals surface area contributed by atoms with Gasteiger partial charge in [-0.2, -0.15) is 0 Å². The van der Waals surface area contributed by atoms with E-state index in [2.05, 4.69) is 38.6 Å². The number of hydrogen-bond donors (Lipinski definition) is 2. The molecule has 0 unspecified atom stereocenters. The average Bonchev–Trinajstić information content (AvgIpc) is 3.44. The van der Waals surface area contributed by atoms with Gasteiger partial charge in [0.1, 0.15) is 11.6 Å². The van der Waals surface area contributed by atoms with Gasteiger partial charge < -0.3 is 19.9 Å². The fourth-order valence-electron chi connectivity index (χ4n) is 3.84. The predicted molar refractivity (Wildman–Crippen MR) is 139 cm³/mol. The Balaban J connectivity index is 0.00000341. The van der Waals surface area contributed by atoms with E-state index in [9.17, 15) is 0 Å². The number of aliphatic imine (C=N–C) groups is 1. The Morgan fingerprint density at radius 1 is 1.19 bits per heavy atom. The van der Waals surface area contributed by atoms with E-state index in [0.29, 0.717) is 12.6 Å². The van der Waals surface area contributed by atoms with Gasteiger partial charge in [0.05, 0.1) is 13.7 Å². The van der Waals surface area contributed by atoms with E-state index in [1.807, 2.05) is 24.3 Å². The Kier molecular flexibility index (Phi) is 11.5. The molecule has 1 fully saturated rings. The minimum Gasteiger partial charge on any atom is -0.497 e. The van der Waals surface area contributed by atoms with Crippen molar-refractivity contribution in [2.45, 2.75) is 63.2 Å². The van der Waals surface area contributed by atoms with Crippen LogP contribution in [0, 0.1) is 0 Å². The SMILES string of the molecule is CCNC(=NCc1ccc(OC)cc1)NCCCc1nnc(SC)n1C1CCCC1.I. The largest absolute Gasteiger partial charge is 0.497 e. The molecule has 1 aromatic heterocycles. The number of halogens is 1. The van der Waals surface area contributed by atoms with E-state index < -0.39 is 0 Å². The zero-order valence-electron chi connectivity index (χ0n) is 18.8. The van der Waals surface area contributed by atoms with E-state index in [1.165, 1.54) is 25.7 Å². The molecule has 0 aliphatic heterocycles. The highest BCUT2D eigenvalue weighted by atomic mass is 127. The molecule has 0 spiro atoms. The monoisotopic (exact) mass is 558 g/mol. The lowest BCUT2D eigenvalue weighted by Crippen LogP contribution is -2.37. The zero-order chi connectivity index (χ0) is 21.2. The highest BCUT2D eigenvalue weighted by Crippen LogP contribution is 2.33. The molecule has 172 valence electrons. The van der Waals surface area contributed by atoms with Gasteiger partial charge in [-0.1, -0.05) is 36.7 Å². The zero-order valence-corrected chi connectivity index (χ0v) is 21.9. The molecule has 1 aliphatic carbocycles. The van der Waals surface area contributed by atoms with E-state index in [-0.39, 0.29) is 24.0 Å². The van der Waals surface area contributed by atoms with Gasteiger partial charge in [0.25, 0.3) is 0 Å². The highest BCUT2D eigenvalue weighted by Gasteiger charge is 2.23. The van der Waals surface area contributed by atoms with Crippen LogP contribution in [0.1, 0.15) is 56.5 Å². The summed E-state index contributed by atoms with van der Waals surface area (Å²) >= 11 is 1.70. The van der Waals surface area contributed by atoms with Crippen LogP contribution < -0.4 is 15.4 Å². The molecule has 9 heteroatoms. The van der Waals surface area contributed by atoms with Crippen molar-refractivity contribution in [3.63, 3.8) is 0 Å².